The van der Waals surface area contributed by atoms with Crippen LogP contribution in [0.5, 0.6) is 0 Å². The molecule has 1 aromatic heterocycles. The van der Waals surface area contributed by atoms with Crippen molar-refractivity contribution in [2.45, 2.75) is 51.7 Å². The first-order chi connectivity index (χ1) is 6.81. The molecule has 78 valence electrons. The molecule has 2 rings (SSSR count). The lowest BCUT2D eigenvalue weighted by molar-refractivity contribution is 0.508. The monoisotopic (exact) mass is 193 g/mol. The number of nitrogens with one attached hydrogen (secondary N) is 1. The van der Waals surface area contributed by atoms with Gasteiger partial charge in [0, 0.05) is 24.5 Å². The van der Waals surface area contributed by atoms with Crippen molar-refractivity contribution < 1.29 is 0 Å². The summed E-state index contributed by atoms with van der Waals surface area (Å²) in [5, 5.41) is 3.47. The molecule has 3 nitrogen and oxygen atoms in total. The Labute approximate surface area is 85.5 Å². The van der Waals surface area contributed by atoms with E-state index >= 15 is 0 Å². The predicted molar refractivity (Wildman–Crippen MR) is 57.1 cm³/mol. The van der Waals surface area contributed by atoms with Crippen molar-refractivity contribution in [2.75, 3.05) is 0 Å². The van der Waals surface area contributed by atoms with E-state index in [1.54, 1.807) is 0 Å². The smallest absolute Gasteiger partial charge is 0.122 e. The highest BCUT2D eigenvalue weighted by molar-refractivity contribution is 4.99. The number of rotatable bonds is 5. The van der Waals surface area contributed by atoms with Crippen LogP contribution in [0, 0.1) is 0 Å². The van der Waals surface area contributed by atoms with Crippen molar-refractivity contribution in [3.8, 4) is 0 Å². The van der Waals surface area contributed by atoms with Crippen LogP contribution in [0.25, 0.3) is 0 Å². The van der Waals surface area contributed by atoms with Gasteiger partial charge in [-0.15, -0.1) is 0 Å². The van der Waals surface area contributed by atoms with E-state index in [0.29, 0.717) is 6.04 Å². The second-order valence-corrected chi connectivity index (χ2v) is 4.17. The summed E-state index contributed by atoms with van der Waals surface area (Å²) in [6.07, 6.45) is 7.83. The van der Waals surface area contributed by atoms with Crippen LogP contribution >= 0.6 is 0 Å². The fourth-order valence-corrected chi connectivity index (χ4v) is 1.58. The molecular weight excluding hydrogens is 174 g/mol. The molecule has 0 bridgehead atoms. The van der Waals surface area contributed by atoms with Crippen LogP contribution < -0.4 is 5.32 Å². The second kappa shape index (κ2) is 4.13. The quantitative estimate of drug-likeness (QED) is 0.776. The summed E-state index contributed by atoms with van der Waals surface area (Å²) in [6.45, 7) is 5.31. The molecule has 14 heavy (non-hydrogen) atoms. The van der Waals surface area contributed by atoms with Gasteiger partial charge in [0.1, 0.15) is 5.82 Å². The van der Waals surface area contributed by atoms with Gasteiger partial charge in [-0.3, -0.25) is 0 Å². The lowest BCUT2D eigenvalue weighted by Gasteiger charge is -2.12. The number of hydrogen-bond donors (Lipinski definition) is 1. The van der Waals surface area contributed by atoms with Crippen LogP contribution in [0.1, 0.15) is 45.0 Å². The molecule has 1 saturated carbocycles. The van der Waals surface area contributed by atoms with Gasteiger partial charge in [0.05, 0.1) is 6.54 Å². The molecule has 3 heteroatoms. The Hall–Kier alpha value is -0.830. The summed E-state index contributed by atoms with van der Waals surface area (Å²) in [5.41, 5.74) is 0. The first kappa shape index (κ1) is 9.71. The fraction of sp³-hybridized carbons (Fsp3) is 0.727. The van der Waals surface area contributed by atoms with Crippen LogP contribution in [-0.2, 0) is 6.54 Å². The van der Waals surface area contributed by atoms with Crippen LogP contribution in [0.4, 0.5) is 0 Å². The Morgan fingerprint density at radius 2 is 2.43 bits per heavy atom. The molecule has 0 amide bonds. The Morgan fingerprint density at radius 1 is 1.64 bits per heavy atom. The van der Waals surface area contributed by atoms with Crippen molar-refractivity contribution in [1.29, 1.82) is 0 Å². The summed E-state index contributed by atoms with van der Waals surface area (Å²) in [6, 6.07) is 1.32. The summed E-state index contributed by atoms with van der Waals surface area (Å²) >= 11 is 0. The number of nitrogens with zero attached hydrogens (tertiary/aromatic N) is 2. The van der Waals surface area contributed by atoms with E-state index < -0.39 is 0 Å². The van der Waals surface area contributed by atoms with Crippen molar-refractivity contribution in [1.82, 2.24) is 14.9 Å². The van der Waals surface area contributed by atoms with Gasteiger partial charge in [0.15, 0.2) is 0 Å². The molecule has 1 heterocycles. The molecule has 1 unspecified atom stereocenters. The molecule has 0 saturated heterocycles. The Bertz CT molecular complexity index is 288. The minimum Gasteiger partial charge on any atom is -0.331 e. The largest absolute Gasteiger partial charge is 0.331 e. The van der Waals surface area contributed by atoms with Crippen molar-refractivity contribution >= 4 is 0 Å². The standard InChI is InChI=1S/C11H19N3/c1-3-9(2)13-8-11-12-6-7-14(11)10-4-5-10/h6-7,9-10,13H,3-5,8H2,1-2H3. The predicted octanol–water partition coefficient (Wildman–Crippen LogP) is 2.11. The van der Waals surface area contributed by atoms with Crippen molar-refractivity contribution in [3.63, 3.8) is 0 Å². The lowest BCUT2D eigenvalue weighted by Crippen LogP contribution is -2.26. The molecule has 0 aromatic carbocycles. The van der Waals surface area contributed by atoms with E-state index in [9.17, 15) is 0 Å². The Kier molecular flexibility index (Phi) is 2.87. The van der Waals surface area contributed by atoms with Crippen LogP contribution in [-0.4, -0.2) is 15.6 Å². The van der Waals surface area contributed by atoms with Crippen molar-refractivity contribution in [3.05, 3.63) is 18.2 Å². The minimum atomic E-state index is 0.583. The Balaban J connectivity index is 1.91. The summed E-state index contributed by atoms with van der Waals surface area (Å²) in [7, 11) is 0. The lowest BCUT2D eigenvalue weighted by atomic mass is 10.2. The highest BCUT2D eigenvalue weighted by atomic mass is 15.1. The summed E-state index contributed by atoms with van der Waals surface area (Å²) in [4.78, 5) is 4.38. The van der Waals surface area contributed by atoms with Gasteiger partial charge in [0.25, 0.3) is 0 Å². The third-order valence-electron chi connectivity index (χ3n) is 2.91. The third kappa shape index (κ3) is 2.15. The van der Waals surface area contributed by atoms with Gasteiger partial charge >= 0.3 is 0 Å². The van der Waals surface area contributed by atoms with Gasteiger partial charge in [-0.05, 0) is 26.2 Å². The minimum absolute atomic E-state index is 0.583. The maximum Gasteiger partial charge on any atom is 0.122 e. The molecule has 0 radical (unpaired) electrons. The zero-order valence-electron chi connectivity index (χ0n) is 9.03. The maximum atomic E-state index is 4.38. The highest BCUT2D eigenvalue weighted by Crippen LogP contribution is 2.35. The van der Waals surface area contributed by atoms with Crippen LogP contribution in [0.2, 0.25) is 0 Å². The van der Waals surface area contributed by atoms with Gasteiger partial charge in [-0.2, -0.15) is 0 Å². The normalized spacial score (nSPS) is 18.4. The van der Waals surface area contributed by atoms with Gasteiger partial charge in [-0.1, -0.05) is 6.92 Å². The molecule has 1 N–H and O–H groups in total. The van der Waals surface area contributed by atoms with Crippen LogP contribution in [0.3, 0.4) is 0 Å². The molecule has 1 aliphatic carbocycles. The topological polar surface area (TPSA) is 29.9 Å². The zero-order chi connectivity index (χ0) is 9.97. The van der Waals surface area contributed by atoms with E-state index in [0.717, 1.165) is 12.6 Å². The fourth-order valence-electron chi connectivity index (χ4n) is 1.58. The molecular formula is C11H19N3. The first-order valence-corrected chi connectivity index (χ1v) is 5.56. The molecule has 1 fully saturated rings. The number of hydrogen-bond acceptors (Lipinski definition) is 2. The average Bonchev–Trinajstić information content (AvgIpc) is 2.94. The highest BCUT2D eigenvalue weighted by Gasteiger charge is 2.25. The van der Waals surface area contributed by atoms with Gasteiger partial charge in [0.2, 0.25) is 0 Å². The van der Waals surface area contributed by atoms with E-state index in [2.05, 4.69) is 34.9 Å². The maximum absolute atomic E-state index is 4.38. The SMILES string of the molecule is CCC(C)NCc1nccn1C1CC1. The number of imidazole rings is 1. The van der Waals surface area contributed by atoms with E-state index in [1.807, 2.05) is 6.20 Å². The molecule has 1 aliphatic rings. The average molecular weight is 193 g/mol. The molecule has 1 aromatic rings. The van der Waals surface area contributed by atoms with Gasteiger partial charge in [-0.25, -0.2) is 4.98 Å². The Morgan fingerprint density at radius 3 is 3.07 bits per heavy atom. The zero-order valence-corrected chi connectivity index (χ0v) is 9.03. The summed E-state index contributed by atoms with van der Waals surface area (Å²) in [5.74, 6) is 1.19. The van der Waals surface area contributed by atoms with Gasteiger partial charge < -0.3 is 9.88 Å². The molecule has 0 spiro atoms. The van der Waals surface area contributed by atoms with E-state index in [1.165, 1.54) is 25.1 Å². The first-order valence-electron chi connectivity index (χ1n) is 5.56. The third-order valence-corrected chi connectivity index (χ3v) is 2.91. The van der Waals surface area contributed by atoms with Crippen LogP contribution in [0.15, 0.2) is 12.4 Å². The van der Waals surface area contributed by atoms with Crippen molar-refractivity contribution in [2.24, 2.45) is 0 Å². The summed E-state index contributed by atoms with van der Waals surface area (Å²) < 4.78 is 2.31. The van der Waals surface area contributed by atoms with E-state index in [4.69, 9.17) is 0 Å². The second-order valence-electron chi connectivity index (χ2n) is 4.17. The molecule has 0 aliphatic heterocycles. The van der Waals surface area contributed by atoms with E-state index in [-0.39, 0.29) is 0 Å². The number of aromatic nitrogens is 2. The molecule has 1 atom stereocenters.